The van der Waals surface area contributed by atoms with Crippen LogP contribution in [0, 0.1) is 6.92 Å². The molecule has 0 saturated heterocycles. The van der Waals surface area contributed by atoms with Gasteiger partial charge >= 0.3 is 0 Å². The lowest BCUT2D eigenvalue weighted by atomic mass is 10.4. The van der Waals surface area contributed by atoms with Gasteiger partial charge in [-0.25, -0.2) is 0 Å². The Bertz CT molecular complexity index is 266. The predicted octanol–water partition coefficient (Wildman–Crippen LogP) is 2.18. The van der Waals surface area contributed by atoms with Gasteiger partial charge in [-0.2, -0.15) is 0 Å². The smallest absolute Gasteiger partial charge is 0.184 e. The van der Waals surface area contributed by atoms with Crippen molar-refractivity contribution in [3.63, 3.8) is 0 Å². The van der Waals surface area contributed by atoms with Crippen LogP contribution in [0.4, 0.5) is 0 Å². The van der Waals surface area contributed by atoms with Crippen LogP contribution in [0.25, 0.3) is 0 Å². The molecule has 0 aliphatic heterocycles. The Balaban J connectivity index is 3.34. The van der Waals surface area contributed by atoms with Crippen molar-refractivity contribution in [3.8, 4) is 0 Å². The lowest BCUT2D eigenvalue weighted by molar-refractivity contribution is 1.43. The predicted molar refractivity (Wildman–Crippen MR) is 43.0 cm³/mol. The van der Waals surface area contributed by atoms with E-state index in [1.807, 2.05) is 12.3 Å². The molecule has 48 valence electrons. The maximum Gasteiger partial charge on any atom is 0.184 e. The van der Waals surface area contributed by atoms with E-state index < -0.39 is 0 Å². The van der Waals surface area contributed by atoms with E-state index >= 15 is 0 Å². The van der Waals surface area contributed by atoms with Crippen LogP contribution in [-0.4, -0.2) is 0 Å². The molecule has 1 heterocycles. The summed E-state index contributed by atoms with van der Waals surface area (Å²) in [4.78, 5) is 10.8. The van der Waals surface area contributed by atoms with Crippen LogP contribution in [0.3, 0.4) is 0 Å². The average molecular weight is 205 g/mol. The fourth-order valence-corrected chi connectivity index (χ4v) is 1.52. The van der Waals surface area contributed by atoms with E-state index in [0.29, 0.717) is 0 Å². The van der Waals surface area contributed by atoms with Gasteiger partial charge in [0.05, 0.1) is 3.79 Å². The molecule has 0 fully saturated rings. The van der Waals surface area contributed by atoms with E-state index in [9.17, 15) is 4.79 Å². The summed E-state index contributed by atoms with van der Waals surface area (Å²) < 4.78 is 0.887. The number of rotatable bonds is 0. The normalized spacial score (nSPS) is 9.56. The van der Waals surface area contributed by atoms with Gasteiger partial charge in [0.25, 0.3) is 0 Å². The Hall–Kier alpha value is -0.150. The monoisotopic (exact) mass is 204 g/mol. The molecule has 0 spiro atoms. The number of halogens is 1. The van der Waals surface area contributed by atoms with Crippen molar-refractivity contribution < 1.29 is 0 Å². The van der Waals surface area contributed by atoms with E-state index in [1.54, 1.807) is 6.07 Å². The molecule has 0 radical (unpaired) electrons. The maximum absolute atomic E-state index is 10.8. The van der Waals surface area contributed by atoms with Crippen molar-refractivity contribution in [1.29, 1.82) is 0 Å². The molecule has 0 saturated carbocycles. The molecule has 0 unspecified atom stereocenters. The molecule has 3 heteroatoms. The molecular formula is C6H5BrOS. The van der Waals surface area contributed by atoms with Crippen LogP contribution in [0.5, 0.6) is 0 Å². The standard InChI is InChI=1S/C6H5BrOS/c1-4-3-9-6(7)2-5(4)8/h2-3H,1H3. The first-order valence-electron chi connectivity index (χ1n) is 2.45. The molecule has 0 aliphatic carbocycles. The highest BCUT2D eigenvalue weighted by Gasteiger charge is 1.91. The van der Waals surface area contributed by atoms with Crippen molar-refractivity contribution in [3.05, 3.63) is 31.0 Å². The minimum Gasteiger partial charge on any atom is -0.290 e. The highest BCUT2D eigenvalue weighted by molar-refractivity contribution is 9.11. The molecule has 1 aromatic heterocycles. The first-order valence-corrected chi connectivity index (χ1v) is 4.12. The van der Waals surface area contributed by atoms with Crippen LogP contribution in [0.15, 0.2) is 20.0 Å². The number of hydrogen-bond donors (Lipinski definition) is 0. The summed E-state index contributed by atoms with van der Waals surface area (Å²) in [5, 5.41) is 1.84. The summed E-state index contributed by atoms with van der Waals surface area (Å²) in [6, 6.07) is 1.58. The van der Waals surface area contributed by atoms with Gasteiger partial charge in [0.1, 0.15) is 0 Å². The Morgan fingerprint density at radius 2 is 2.33 bits per heavy atom. The zero-order valence-electron chi connectivity index (χ0n) is 4.85. The Kier molecular flexibility index (Phi) is 2.03. The first-order chi connectivity index (χ1) is 4.20. The Labute approximate surface area is 65.5 Å². The lowest BCUT2D eigenvalue weighted by Gasteiger charge is -1.86. The van der Waals surface area contributed by atoms with Gasteiger partial charge in [0, 0.05) is 11.6 Å². The third-order valence-corrected chi connectivity index (χ3v) is 2.59. The second-order valence-corrected chi connectivity index (χ2v) is 4.02. The first kappa shape index (κ1) is 6.96. The zero-order valence-corrected chi connectivity index (χ0v) is 7.25. The van der Waals surface area contributed by atoms with Crippen molar-refractivity contribution in [2.75, 3.05) is 0 Å². The van der Waals surface area contributed by atoms with Gasteiger partial charge in [-0.1, -0.05) is 0 Å². The van der Waals surface area contributed by atoms with Gasteiger partial charge in [-0.15, -0.1) is 11.3 Å². The summed E-state index contributed by atoms with van der Waals surface area (Å²) in [7, 11) is 0. The SMILES string of the molecule is Cc1csc(Br)cc1=O. The van der Waals surface area contributed by atoms with Crippen molar-refractivity contribution in [2.45, 2.75) is 6.92 Å². The van der Waals surface area contributed by atoms with Crippen LogP contribution in [0.1, 0.15) is 5.56 Å². The fraction of sp³-hybridized carbons (Fsp3) is 0.167. The van der Waals surface area contributed by atoms with Gasteiger partial charge in [0.2, 0.25) is 0 Å². The molecule has 1 nitrogen and oxygen atoms in total. The van der Waals surface area contributed by atoms with Crippen LogP contribution in [-0.2, 0) is 0 Å². The maximum atomic E-state index is 10.8. The average Bonchev–Trinajstić information content (AvgIpc) is 1.80. The van der Waals surface area contributed by atoms with E-state index in [0.717, 1.165) is 9.35 Å². The van der Waals surface area contributed by atoms with Crippen LogP contribution >= 0.6 is 27.3 Å². The number of hydrogen-bond acceptors (Lipinski definition) is 2. The highest BCUT2D eigenvalue weighted by Crippen LogP contribution is 2.12. The second-order valence-electron chi connectivity index (χ2n) is 1.73. The van der Waals surface area contributed by atoms with E-state index in [1.165, 1.54) is 11.3 Å². The summed E-state index contributed by atoms with van der Waals surface area (Å²) in [6.07, 6.45) is 0. The number of aryl methyl sites for hydroxylation is 1. The van der Waals surface area contributed by atoms with Crippen molar-refractivity contribution >= 4 is 27.3 Å². The topological polar surface area (TPSA) is 17.1 Å². The van der Waals surface area contributed by atoms with Crippen molar-refractivity contribution in [2.24, 2.45) is 0 Å². The van der Waals surface area contributed by atoms with Gasteiger partial charge in [-0.05, 0) is 28.2 Å². The Morgan fingerprint density at radius 1 is 1.67 bits per heavy atom. The third kappa shape index (κ3) is 1.63. The second kappa shape index (κ2) is 2.62. The summed E-state index contributed by atoms with van der Waals surface area (Å²) in [5.41, 5.74) is 0.906. The minimum absolute atomic E-state index is 0.0978. The molecule has 1 aromatic rings. The Morgan fingerprint density at radius 3 is 2.78 bits per heavy atom. The molecular weight excluding hydrogens is 200 g/mol. The quantitative estimate of drug-likeness (QED) is 0.634. The molecule has 0 atom stereocenters. The zero-order chi connectivity index (χ0) is 6.85. The van der Waals surface area contributed by atoms with Crippen LogP contribution in [0.2, 0.25) is 0 Å². The van der Waals surface area contributed by atoms with E-state index in [-0.39, 0.29) is 5.43 Å². The largest absolute Gasteiger partial charge is 0.290 e. The molecule has 0 bridgehead atoms. The van der Waals surface area contributed by atoms with Crippen LogP contribution < -0.4 is 5.43 Å². The molecule has 0 N–H and O–H groups in total. The molecule has 0 aliphatic rings. The van der Waals surface area contributed by atoms with Crippen molar-refractivity contribution in [1.82, 2.24) is 0 Å². The third-order valence-electron chi connectivity index (χ3n) is 0.982. The van der Waals surface area contributed by atoms with E-state index in [4.69, 9.17) is 0 Å². The summed E-state index contributed by atoms with van der Waals surface area (Å²) in [5.74, 6) is 0. The fourth-order valence-electron chi connectivity index (χ4n) is 0.454. The molecule has 0 amide bonds. The lowest BCUT2D eigenvalue weighted by Crippen LogP contribution is -1.99. The van der Waals surface area contributed by atoms with Gasteiger partial charge in [-0.3, -0.25) is 4.79 Å². The minimum atomic E-state index is 0.0978. The van der Waals surface area contributed by atoms with E-state index in [2.05, 4.69) is 15.9 Å². The van der Waals surface area contributed by atoms with Gasteiger partial charge < -0.3 is 0 Å². The molecule has 0 aromatic carbocycles. The molecule has 1 rings (SSSR count). The molecule has 9 heavy (non-hydrogen) atoms. The summed E-state index contributed by atoms with van der Waals surface area (Å²) >= 11 is 4.74. The highest BCUT2D eigenvalue weighted by atomic mass is 79.9. The summed E-state index contributed by atoms with van der Waals surface area (Å²) in [6.45, 7) is 1.81. The van der Waals surface area contributed by atoms with Gasteiger partial charge in [0.15, 0.2) is 5.43 Å².